The molecule has 0 radical (unpaired) electrons. The number of esters is 1. The summed E-state index contributed by atoms with van der Waals surface area (Å²) >= 11 is 1.28. The van der Waals surface area contributed by atoms with Gasteiger partial charge in [0.15, 0.2) is 0 Å². The number of carbonyl (C=O) groups excluding carboxylic acids is 2. The van der Waals surface area contributed by atoms with Crippen molar-refractivity contribution in [1.29, 1.82) is 0 Å². The average molecular weight is 357 g/mol. The number of halogens is 2. The van der Waals surface area contributed by atoms with Gasteiger partial charge in [-0.15, -0.1) is 11.8 Å². The largest absolute Gasteiger partial charge is 0.496 e. The van der Waals surface area contributed by atoms with Gasteiger partial charge >= 0.3 is 5.97 Å². The van der Waals surface area contributed by atoms with Gasteiger partial charge in [-0.1, -0.05) is 0 Å². The Bertz CT molecular complexity index is 704. The molecule has 8 heteroatoms. The molecular formula is C16H17F2NO4S. The molecule has 1 aromatic rings. The SMILES string of the molecule is CC1=C(C(=O)Nc2cc(C(=O)OC(C)C)c(F)cc2F)SCCO1. The van der Waals surface area contributed by atoms with E-state index >= 15 is 0 Å². The molecule has 1 heterocycles. The Hall–Kier alpha value is -2.09. The standard InChI is InChI=1S/C16H17F2NO4S/c1-8(2)23-16(21)10-6-13(12(18)7-11(10)17)19-15(20)14-9(3)22-4-5-24-14/h6-8H,4-5H2,1-3H3,(H,19,20). The summed E-state index contributed by atoms with van der Waals surface area (Å²) in [7, 11) is 0. The van der Waals surface area contributed by atoms with Gasteiger partial charge < -0.3 is 14.8 Å². The lowest BCUT2D eigenvalue weighted by atomic mass is 10.1. The second-order valence-corrected chi connectivity index (χ2v) is 6.41. The highest BCUT2D eigenvalue weighted by Gasteiger charge is 2.23. The number of ether oxygens (including phenoxy) is 2. The number of rotatable bonds is 4. The number of carbonyl (C=O) groups is 2. The highest BCUT2D eigenvalue weighted by Crippen LogP contribution is 2.28. The Labute approximate surface area is 142 Å². The van der Waals surface area contributed by atoms with Gasteiger partial charge in [-0.3, -0.25) is 4.79 Å². The van der Waals surface area contributed by atoms with Gasteiger partial charge in [0, 0.05) is 11.8 Å². The van der Waals surface area contributed by atoms with Crippen molar-refractivity contribution in [2.75, 3.05) is 17.7 Å². The van der Waals surface area contributed by atoms with Crippen LogP contribution in [0.4, 0.5) is 14.5 Å². The summed E-state index contributed by atoms with van der Waals surface area (Å²) in [6.45, 7) is 5.34. The van der Waals surface area contributed by atoms with E-state index in [0.29, 0.717) is 29.1 Å². The number of hydrogen-bond donors (Lipinski definition) is 1. The predicted molar refractivity (Wildman–Crippen MR) is 86.6 cm³/mol. The molecule has 1 N–H and O–H groups in total. The molecular weight excluding hydrogens is 340 g/mol. The van der Waals surface area contributed by atoms with E-state index in [-0.39, 0.29) is 5.69 Å². The third kappa shape index (κ3) is 4.25. The van der Waals surface area contributed by atoms with E-state index in [4.69, 9.17) is 9.47 Å². The van der Waals surface area contributed by atoms with Crippen LogP contribution in [0.2, 0.25) is 0 Å². The minimum absolute atomic E-state index is 0.302. The van der Waals surface area contributed by atoms with Gasteiger partial charge in [0.1, 0.15) is 22.3 Å². The fraction of sp³-hybridized carbons (Fsp3) is 0.375. The molecule has 5 nitrogen and oxygen atoms in total. The maximum atomic E-state index is 13.9. The van der Waals surface area contributed by atoms with E-state index in [1.165, 1.54) is 11.8 Å². The molecule has 0 fully saturated rings. The first-order valence-electron chi connectivity index (χ1n) is 7.27. The van der Waals surface area contributed by atoms with Crippen LogP contribution in [0.15, 0.2) is 22.8 Å². The van der Waals surface area contributed by atoms with Crippen molar-refractivity contribution in [3.8, 4) is 0 Å². The number of nitrogens with one attached hydrogen (secondary N) is 1. The molecule has 0 aliphatic carbocycles. The van der Waals surface area contributed by atoms with Gasteiger partial charge in [0.05, 0.1) is 24.0 Å². The molecule has 0 unspecified atom stereocenters. The van der Waals surface area contributed by atoms with Crippen molar-refractivity contribution in [3.05, 3.63) is 40.0 Å². The number of allylic oxidation sites excluding steroid dienone is 1. The zero-order chi connectivity index (χ0) is 17.9. The summed E-state index contributed by atoms with van der Waals surface area (Å²) in [6.07, 6.45) is -0.455. The molecule has 0 saturated carbocycles. The summed E-state index contributed by atoms with van der Waals surface area (Å²) in [4.78, 5) is 24.4. The van der Waals surface area contributed by atoms with E-state index in [9.17, 15) is 18.4 Å². The lowest BCUT2D eigenvalue weighted by Gasteiger charge is -2.18. The van der Waals surface area contributed by atoms with E-state index in [1.54, 1.807) is 20.8 Å². The Morgan fingerprint density at radius 3 is 2.62 bits per heavy atom. The lowest BCUT2D eigenvalue weighted by molar-refractivity contribution is -0.112. The van der Waals surface area contributed by atoms with Crippen LogP contribution in [-0.2, 0) is 14.3 Å². The second kappa shape index (κ2) is 7.65. The smallest absolute Gasteiger partial charge is 0.341 e. The number of amides is 1. The van der Waals surface area contributed by atoms with Crippen LogP contribution in [0.25, 0.3) is 0 Å². The molecule has 0 bridgehead atoms. The van der Waals surface area contributed by atoms with Crippen LogP contribution >= 0.6 is 11.8 Å². The van der Waals surface area contributed by atoms with Gasteiger partial charge in [-0.25, -0.2) is 13.6 Å². The lowest BCUT2D eigenvalue weighted by Crippen LogP contribution is -2.20. The minimum atomic E-state index is -1.05. The number of anilines is 1. The zero-order valence-electron chi connectivity index (χ0n) is 13.4. The van der Waals surface area contributed by atoms with Crippen LogP contribution in [0.3, 0.4) is 0 Å². The van der Waals surface area contributed by atoms with E-state index in [1.807, 2.05) is 0 Å². The first kappa shape index (κ1) is 18.3. The van der Waals surface area contributed by atoms with Crippen molar-refractivity contribution in [2.24, 2.45) is 0 Å². The molecule has 1 amide bonds. The van der Waals surface area contributed by atoms with Gasteiger partial charge in [-0.05, 0) is 26.8 Å². The Morgan fingerprint density at radius 2 is 2.00 bits per heavy atom. The van der Waals surface area contributed by atoms with Crippen LogP contribution < -0.4 is 5.32 Å². The number of hydrogen-bond acceptors (Lipinski definition) is 5. The van der Waals surface area contributed by atoms with Crippen molar-refractivity contribution in [1.82, 2.24) is 0 Å². The molecule has 1 aromatic carbocycles. The van der Waals surface area contributed by atoms with E-state index < -0.39 is 35.2 Å². The maximum Gasteiger partial charge on any atom is 0.341 e. The Kier molecular flexibility index (Phi) is 5.82. The fourth-order valence-corrected chi connectivity index (χ4v) is 2.80. The van der Waals surface area contributed by atoms with Crippen molar-refractivity contribution < 1.29 is 27.8 Å². The normalized spacial score (nSPS) is 14.4. The first-order chi connectivity index (χ1) is 11.3. The fourth-order valence-electron chi connectivity index (χ4n) is 1.99. The van der Waals surface area contributed by atoms with Crippen LogP contribution in [0, 0.1) is 11.6 Å². The van der Waals surface area contributed by atoms with Crippen LogP contribution in [0.1, 0.15) is 31.1 Å². The first-order valence-corrected chi connectivity index (χ1v) is 8.26. The Morgan fingerprint density at radius 1 is 1.29 bits per heavy atom. The Balaban J connectivity index is 2.27. The molecule has 0 aromatic heterocycles. The van der Waals surface area contributed by atoms with Gasteiger partial charge in [-0.2, -0.15) is 0 Å². The van der Waals surface area contributed by atoms with Crippen LogP contribution in [-0.4, -0.2) is 30.3 Å². The monoisotopic (exact) mass is 357 g/mol. The third-order valence-corrected chi connectivity index (χ3v) is 4.17. The van der Waals surface area contributed by atoms with Crippen molar-refractivity contribution in [3.63, 3.8) is 0 Å². The minimum Gasteiger partial charge on any atom is -0.496 e. The molecule has 0 saturated heterocycles. The van der Waals surface area contributed by atoms with Crippen LogP contribution in [0.5, 0.6) is 0 Å². The van der Waals surface area contributed by atoms with Crippen molar-refractivity contribution in [2.45, 2.75) is 26.9 Å². The second-order valence-electron chi connectivity index (χ2n) is 5.30. The number of benzene rings is 1. The van der Waals surface area contributed by atoms with Crippen molar-refractivity contribution >= 4 is 29.3 Å². The van der Waals surface area contributed by atoms with Gasteiger partial charge in [0.25, 0.3) is 5.91 Å². The third-order valence-electron chi connectivity index (χ3n) is 3.04. The highest BCUT2D eigenvalue weighted by atomic mass is 32.2. The average Bonchev–Trinajstić information content (AvgIpc) is 2.49. The zero-order valence-corrected chi connectivity index (χ0v) is 14.3. The van der Waals surface area contributed by atoms with E-state index in [0.717, 1.165) is 6.07 Å². The molecule has 2 rings (SSSR count). The quantitative estimate of drug-likeness (QED) is 0.836. The summed E-state index contributed by atoms with van der Waals surface area (Å²) in [5, 5.41) is 2.34. The highest BCUT2D eigenvalue weighted by molar-refractivity contribution is 8.04. The molecule has 1 aliphatic rings. The summed E-state index contributed by atoms with van der Waals surface area (Å²) in [6, 6.07) is 1.47. The number of thioether (sulfide) groups is 1. The molecule has 0 spiro atoms. The predicted octanol–water partition coefficient (Wildman–Crippen LogP) is 3.46. The summed E-state index contributed by atoms with van der Waals surface area (Å²) in [5.41, 5.74) is -0.748. The van der Waals surface area contributed by atoms with Gasteiger partial charge in [0.2, 0.25) is 0 Å². The van der Waals surface area contributed by atoms with E-state index in [2.05, 4.69) is 5.32 Å². The summed E-state index contributed by atoms with van der Waals surface area (Å²) < 4.78 is 37.9. The maximum absolute atomic E-state index is 13.9. The molecule has 1 aliphatic heterocycles. The topological polar surface area (TPSA) is 64.6 Å². The molecule has 130 valence electrons. The molecule has 0 atom stereocenters. The summed E-state index contributed by atoms with van der Waals surface area (Å²) in [5.74, 6) is -2.51. The molecule has 24 heavy (non-hydrogen) atoms.